The van der Waals surface area contributed by atoms with Gasteiger partial charge in [0, 0.05) is 6.54 Å². The molecule has 4 heteroatoms. The SMILES string of the molecule is C=CCOC(=O)N1CCC(C)OC1CC. The van der Waals surface area contributed by atoms with Crippen LogP contribution >= 0.6 is 0 Å². The zero-order chi connectivity index (χ0) is 11.3. The van der Waals surface area contributed by atoms with Crippen molar-refractivity contribution in [1.29, 1.82) is 0 Å². The van der Waals surface area contributed by atoms with Crippen LogP contribution in [0.1, 0.15) is 26.7 Å². The van der Waals surface area contributed by atoms with Crippen LogP contribution in [0.15, 0.2) is 12.7 Å². The molecule has 1 amide bonds. The van der Waals surface area contributed by atoms with Gasteiger partial charge >= 0.3 is 6.09 Å². The Hall–Kier alpha value is -1.03. The summed E-state index contributed by atoms with van der Waals surface area (Å²) in [5.74, 6) is 0. The van der Waals surface area contributed by atoms with Crippen molar-refractivity contribution in [3.8, 4) is 0 Å². The van der Waals surface area contributed by atoms with E-state index in [0.29, 0.717) is 6.54 Å². The Morgan fingerprint density at radius 1 is 1.73 bits per heavy atom. The summed E-state index contributed by atoms with van der Waals surface area (Å²) >= 11 is 0. The highest BCUT2D eigenvalue weighted by atomic mass is 16.6. The normalized spacial score (nSPS) is 26.1. The van der Waals surface area contributed by atoms with Crippen LogP contribution in [0, 0.1) is 0 Å². The number of hydrogen-bond acceptors (Lipinski definition) is 3. The summed E-state index contributed by atoms with van der Waals surface area (Å²) < 4.78 is 10.6. The molecule has 0 aromatic carbocycles. The minimum Gasteiger partial charge on any atom is -0.445 e. The third-order valence-electron chi connectivity index (χ3n) is 2.42. The second kappa shape index (κ2) is 5.75. The topological polar surface area (TPSA) is 38.8 Å². The first-order valence-electron chi connectivity index (χ1n) is 5.38. The van der Waals surface area contributed by atoms with Crippen LogP contribution in [-0.4, -0.2) is 36.5 Å². The second-order valence-electron chi connectivity index (χ2n) is 3.66. The van der Waals surface area contributed by atoms with Crippen LogP contribution in [0.4, 0.5) is 4.79 Å². The van der Waals surface area contributed by atoms with Crippen LogP contribution in [0.25, 0.3) is 0 Å². The maximum absolute atomic E-state index is 11.6. The molecule has 0 spiro atoms. The minimum absolute atomic E-state index is 0.147. The molecule has 2 unspecified atom stereocenters. The third-order valence-corrected chi connectivity index (χ3v) is 2.42. The van der Waals surface area contributed by atoms with Crippen LogP contribution in [0.5, 0.6) is 0 Å². The summed E-state index contributed by atoms with van der Waals surface area (Å²) in [5, 5.41) is 0. The fourth-order valence-corrected chi connectivity index (χ4v) is 1.61. The van der Waals surface area contributed by atoms with Gasteiger partial charge in [0.2, 0.25) is 0 Å². The smallest absolute Gasteiger partial charge is 0.412 e. The molecule has 1 saturated heterocycles. The number of carbonyl (C=O) groups excluding carboxylic acids is 1. The Morgan fingerprint density at radius 3 is 3.07 bits per heavy atom. The lowest BCUT2D eigenvalue weighted by molar-refractivity contribution is -0.122. The van der Waals surface area contributed by atoms with Crippen molar-refractivity contribution in [3.63, 3.8) is 0 Å². The summed E-state index contributed by atoms with van der Waals surface area (Å²) in [6.45, 7) is 8.48. The van der Waals surface area contributed by atoms with E-state index in [-0.39, 0.29) is 25.0 Å². The maximum atomic E-state index is 11.6. The summed E-state index contributed by atoms with van der Waals surface area (Å²) in [5.41, 5.74) is 0. The van der Waals surface area contributed by atoms with Gasteiger partial charge < -0.3 is 9.47 Å². The molecule has 0 bridgehead atoms. The Bertz CT molecular complexity index is 230. The molecule has 1 aliphatic rings. The van der Waals surface area contributed by atoms with Gasteiger partial charge in [-0.1, -0.05) is 19.6 Å². The van der Waals surface area contributed by atoms with E-state index in [2.05, 4.69) is 6.58 Å². The van der Waals surface area contributed by atoms with E-state index in [1.807, 2.05) is 13.8 Å². The average Bonchev–Trinajstić information content (AvgIpc) is 2.25. The molecule has 0 aromatic heterocycles. The fraction of sp³-hybridized carbons (Fsp3) is 0.727. The van der Waals surface area contributed by atoms with Gasteiger partial charge in [0.15, 0.2) is 0 Å². The Balaban J connectivity index is 2.51. The Kier molecular flexibility index (Phi) is 4.62. The highest BCUT2D eigenvalue weighted by Crippen LogP contribution is 2.18. The van der Waals surface area contributed by atoms with E-state index in [1.54, 1.807) is 11.0 Å². The predicted octanol–water partition coefficient (Wildman–Crippen LogP) is 2.16. The van der Waals surface area contributed by atoms with E-state index >= 15 is 0 Å². The first kappa shape index (κ1) is 12.0. The second-order valence-corrected chi connectivity index (χ2v) is 3.66. The van der Waals surface area contributed by atoms with Crippen molar-refractivity contribution in [3.05, 3.63) is 12.7 Å². The third kappa shape index (κ3) is 3.23. The summed E-state index contributed by atoms with van der Waals surface area (Å²) in [4.78, 5) is 13.3. The van der Waals surface area contributed by atoms with E-state index in [0.717, 1.165) is 12.8 Å². The lowest BCUT2D eigenvalue weighted by Crippen LogP contribution is -2.48. The monoisotopic (exact) mass is 213 g/mol. The van der Waals surface area contributed by atoms with Crippen molar-refractivity contribution in [2.24, 2.45) is 0 Å². The lowest BCUT2D eigenvalue weighted by Gasteiger charge is -2.37. The Labute approximate surface area is 90.8 Å². The van der Waals surface area contributed by atoms with E-state index in [9.17, 15) is 4.79 Å². The summed E-state index contributed by atoms with van der Waals surface area (Å²) in [7, 11) is 0. The van der Waals surface area contributed by atoms with Gasteiger partial charge in [-0.25, -0.2) is 4.79 Å². The van der Waals surface area contributed by atoms with Crippen molar-refractivity contribution >= 4 is 6.09 Å². The molecule has 1 heterocycles. The van der Waals surface area contributed by atoms with Crippen LogP contribution in [-0.2, 0) is 9.47 Å². The number of carbonyl (C=O) groups is 1. The van der Waals surface area contributed by atoms with Gasteiger partial charge in [0.05, 0.1) is 6.10 Å². The minimum atomic E-state index is -0.311. The van der Waals surface area contributed by atoms with Gasteiger partial charge in [0.1, 0.15) is 12.8 Å². The van der Waals surface area contributed by atoms with Crippen LogP contribution in [0.3, 0.4) is 0 Å². The number of hydrogen-bond donors (Lipinski definition) is 0. The summed E-state index contributed by atoms with van der Waals surface area (Å²) in [6.07, 6.45) is 2.97. The largest absolute Gasteiger partial charge is 0.445 e. The Morgan fingerprint density at radius 2 is 2.47 bits per heavy atom. The van der Waals surface area contributed by atoms with Gasteiger partial charge in [0.25, 0.3) is 0 Å². The molecular formula is C11H19NO3. The van der Waals surface area contributed by atoms with Crippen molar-refractivity contribution < 1.29 is 14.3 Å². The molecule has 86 valence electrons. The molecule has 2 atom stereocenters. The first-order valence-corrected chi connectivity index (χ1v) is 5.38. The highest BCUT2D eigenvalue weighted by molar-refractivity contribution is 5.68. The first-order chi connectivity index (χ1) is 7.19. The summed E-state index contributed by atoms with van der Waals surface area (Å²) in [6, 6.07) is 0. The van der Waals surface area contributed by atoms with Crippen molar-refractivity contribution in [2.45, 2.75) is 39.0 Å². The van der Waals surface area contributed by atoms with Gasteiger partial charge in [-0.3, -0.25) is 4.90 Å². The molecule has 0 N–H and O–H groups in total. The molecule has 0 radical (unpaired) electrons. The van der Waals surface area contributed by atoms with Crippen LogP contribution in [0.2, 0.25) is 0 Å². The molecule has 0 aromatic rings. The van der Waals surface area contributed by atoms with Crippen molar-refractivity contribution in [2.75, 3.05) is 13.2 Å². The lowest BCUT2D eigenvalue weighted by atomic mass is 10.2. The average molecular weight is 213 g/mol. The van der Waals surface area contributed by atoms with Gasteiger partial charge in [-0.15, -0.1) is 0 Å². The highest BCUT2D eigenvalue weighted by Gasteiger charge is 2.29. The fourth-order valence-electron chi connectivity index (χ4n) is 1.61. The molecule has 1 aliphatic heterocycles. The van der Waals surface area contributed by atoms with E-state index in [4.69, 9.17) is 9.47 Å². The molecule has 1 rings (SSSR count). The molecule has 1 fully saturated rings. The molecule has 15 heavy (non-hydrogen) atoms. The maximum Gasteiger partial charge on any atom is 0.412 e. The van der Waals surface area contributed by atoms with Crippen LogP contribution < -0.4 is 0 Å². The quantitative estimate of drug-likeness (QED) is 0.674. The predicted molar refractivity (Wildman–Crippen MR) is 57.5 cm³/mol. The number of nitrogens with zero attached hydrogens (tertiary/aromatic N) is 1. The van der Waals surface area contributed by atoms with E-state index in [1.165, 1.54) is 0 Å². The molecule has 4 nitrogen and oxygen atoms in total. The van der Waals surface area contributed by atoms with Gasteiger partial charge in [-0.05, 0) is 19.8 Å². The van der Waals surface area contributed by atoms with E-state index < -0.39 is 0 Å². The van der Waals surface area contributed by atoms with Gasteiger partial charge in [-0.2, -0.15) is 0 Å². The zero-order valence-corrected chi connectivity index (χ0v) is 9.44. The number of amides is 1. The zero-order valence-electron chi connectivity index (χ0n) is 9.44. The standard InChI is InChI=1S/C11H19NO3/c1-4-8-14-11(13)12-7-6-9(3)15-10(12)5-2/h4,9-10H,1,5-8H2,2-3H3. The molecule has 0 aliphatic carbocycles. The number of rotatable bonds is 3. The van der Waals surface area contributed by atoms with Crippen molar-refractivity contribution in [1.82, 2.24) is 4.90 Å². The number of ether oxygens (including phenoxy) is 2. The molecule has 0 saturated carbocycles. The molecular weight excluding hydrogens is 194 g/mol.